The van der Waals surface area contributed by atoms with Crippen molar-refractivity contribution in [1.29, 1.82) is 0 Å². The van der Waals surface area contributed by atoms with E-state index in [9.17, 15) is 0 Å². The fraction of sp³-hybridized carbons (Fsp3) is 0.111. The van der Waals surface area contributed by atoms with Gasteiger partial charge in [0.25, 0.3) is 0 Å². The maximum Gasteiger partial charge on any atom is 0.0141 e. The molecular formula is C18H19N. The molecule has 0 aromatic heterocycles. The Bertz CT molecular complexity index is 462. The molecule has 1 N–H and O–H groups in total. The number of benzene rings is 2. The van der Waals surface area contributed by atoms with Crippen LogP contribution in [0.5, 0.6) is 0 Å². The minimum atomic E-state index is 0.883. The molecule has 0 aliphatic heterocycles. The summed E-state index contributed by atoms with van der Waals surface area (Å²) in [5.74, 6) is 0. The minimum Gasteiger partial charge on any atom is -0.310 e. The average molecular weight is 249 g/mol. The fourth-order valence-electron chi connectivity index (χ4n) is 1.77. The smallest absolute Gasteiger partial charge is 0.0141 e. The molecule has 0 saturated heterocycles. The van der Waals surface area contributed by atoms with Gasteiger partial charge in [-0.3, -0.25) is 0 Å². The second-order valence-corrected chi connectivity index (χ2v) is 4.28. The lowest BCUT2D eigenvalue weighted by molar-refractivity contribution is 0.847. The van der Waals surface area contributed by atoms with E-state index in [-0.39, 0.29) is 0 Å². The maximum absolute atomic E-state index is 3.35. The molecule has 2 aromatic carbocycles. The molecule has 1 heteroatoms. The molecule has 0 amide bonds. The summed E-state index contributed by atoms with van der Waals surface area (Å²) in [6.45, 7) is 1.77. The van der Waals surface area contributed by atoms with Crippen molar-refractivity contribution in [1.82, 2.24) is 5.32 Å². The molecule has 0 heterocycles. The SMILES string of the molecule is C(=C\c1ccccc1)/CNC/C=C/c1ccccc1. The topological polar surface area (TPSA) is 12.0 Å². The van der Waals surface area contributed by atoms with Gasteiger partial charge in [-0.15, -0.1) is 0 Å². The Morgan fingerprint density at radius 3 is 1.47 bits per heavy atom. The molecule has 0 fully saturated rings. The van der Waals surface area contributed by atoms with E-state index in [2.05, 4.69) is 78.2 Å². The predicted molar refractivity (Wildman–Crippen MR) is 83.8 cm³/mol. The molecule has 0 aliphatic rings. The van der Waals surface area contributed by atoms with Gasteiger partial charge in [-0.05, 0) is 11.1 Å². The van der Waals surface area contributed by atoms with E-state index in [1.54, 1.807) is 0 Å². The largest absolute Gasteiger partial charge is 0.310 e. The Morgan fingerprint density at radius 2 is 1.05 bits per heavy atom. The standard InChI is InChI=1S/C18H19N/c1-3-9-17(10-4-1)13-7-15-19-16-8-14-18-11-5-2-6-12-18/h1-14,19H,15-16H2/b13-7+,14-8+. The first-order chi connectivity index (χ1) is 9.45. The summed E-state index contributed by atoms with van der Waals surface area (Å²) in [5.41, 5.74) is 2.48. The second-order valence-electron chi connectivity index (χ2n) is 4.28. The number of hydrogen-bond acceptors (Lipinski definition) is 1. The fourth-order valence-corrected chi connectivity index (χ4v) is 1.77. The Kier molecular flexibility index (Phi) is 5.65. The van der Waals surface area contributed by atoms with Crippen LogP contribution >= 0.6 is 0 Å². The highest BCUT2D eigenvalue weighted by atomic mass is 14.8. The number of nitrogens with one attached hydrogen (secondary N) is 1. The highest BCUT2D eigenvalue weighted by Crippen LogP contribution is 2.01. The van der Waals surface area contributed by atoms with Crippen LogP contribution in [0.2, 0.25) is 0 Å². The van der Waals surface area contributed by atoms with Gasteiger partial charge in [-0.1, -0.05) is 85.0 Å². The lowest BCUT2D eigenvalue weighted by atomic mass is 10.2. The lowest BCUT2D eigenvalue weighted by Gasteiger charge is -1.96. The number of hydrogen-bond donors (Lipinski definition) is 1. The summed E-state index contributed by atoms with van der Waals surface area (Å²) in [6, 6.07) is 20.7. The van der Waals surface area contributed by atoms with Crippen molar-refractivity contribution < 1.29 is 0 Å². The summed E-state index contributed by atoms with van der Waals surface area (Å²) >= 11 is 0. The van der Waals surface area contributed by atoms with E-state index >= 15 is 0 Å². The molecule has 2 rings (SSSR count). The molecule has 19 heavy (non-hydrogen) atoms. The van der Waals surface area contributed by atoms with Crippen LogP contribution in [0.1, 0.15) is 11.1 Å². The van der Waals surface area contributed by atoms with Crippen molar-refractivity contribution in [2.24, 2.45) is 0 Å². The molecule has 1 nitrogen and oxygen atoms in total. The van der Waals surface area contributed by atoms with E-state index in [0.717, 1.165) is 13.1 Å². The van der Waals surface area contributed by atoms with Crippen LogP contribution < -0.4 is 5.32 Å². The molecule has 0 saturated carbocycles. The van der Waals surface area contributed by atoms with Gasteiger partial charge >= 0.3 is 0 Å². The van der Waals surface area contributed by atoms with Gasteiger partial charge in [-0.25, -0.2) is 0 Å². The molecule has 0 radical (unpaired) electrons. The molecule has 2 aromatic rings. The van der Waals surface area contributed by atoms with Crippen LogP contribution in [-0.4, -0.2) is 13.1 Å². The third kappa shape index (κ3) is 5.36. The molecule has 96 valence electrons. The zero-order chi connectivity index (χ0) is 13.2. The summed E-state index contributed by atoms with van der Waals surface area (Å²) in [6.07, 6.45) is 8.55. The summed E-state index contributed by atoms with van der Waals surface area (Å²) in [5, 5.41) is 3.35. The first-order valence-corrected chi connectivity index (χ1v) is 6.59. The third-order valence-electron chi connectivity index (χ3n) is 2.74. The highest BCUT2D eigenvalue weighted by Gasteiger charge is 1.84. The van der Waals surface area contributed by atoms with Crippen molar-refractivity contribution in [3.63, 3.8) is 0 Å². The van der Waals surface area contributed by atoms with Crippen molar-refractivity contribution in [2.45, 2.75) is 0 Å². The van der Waals surface area contributed by atoms with Gasteiger partial charge in [0.15, 0.2) is 0 Å². The monoisotopic (exact) mass is 249 g/mol. The number of rotatable bonds is 6. The lowest BCUT2D eigenvalue weighted by Crippen LogP contribution is -2.12. The van der Waals surface area contributed by atoms with Crippen LogP contribution in [-0.2, 0) is 0 Å². The Morgan fingerprint density at radius 1 is 0.632 bits per heavy atom. The molecule has 0 spiro atoms. The quantitative estimate of drug-likeness (QED) is 0.763. The summed E-state index contributed by atoms with van der Waals surface area (Å²) < 4.78 is 0. The van der Waals surface area contributed by atoms with E-state index in [0.29, 0.717) is 0 Å². The summed E-state index contributed by atoms with van der Waals surface area (Å²) in [7, 11) is 0. The van der Waals surface area contributed by atoms with Crippen molar-refractivity contribution in [3.8, 4) is 0 Å². The van der Waals surface area contributed by atoms with Gasteiger partial charge in [0.1, 0.15) is 0 Å². The average Bonchev–Trinajstić information content (AvgIpc) is 2.48. The first kappa shape index (κ1) is 13.3. The molecule has 0 atom stereocenters. The Hall–Kier alpha value is -2.12. The van der Waals surface area contributed by atoms with Gasteiger partial charge in [0.2, 0.25) is 0 Å². The van der Waals surface area contributed by atoms with Crippen LogP contribution in [0, 0.1) is 0 Å². The van der Waals surface area contributed by atoms with Crippen LogP contribution in [0.4, 0.5) is 0 Å². The van der Waals surface area contributed by atoms with E-state index < -0.39 is 0 Å². The Balaban J connectivity index is 1.65. The second kappa shape index (κ2) is 8.06. The van der Waals surface area contributed by atoms with E-state index in [1.165, 1.54) is 11.1 Å². The van der Waals surface area contributed by atoms with Crippen LogP contribution in [0.3, 0.4) is 0 Å². The predicted octanol–water partition coefficient (Wildman–Crippen LogP) is 4.00. The molecule has 0 bridgehead atoms. The normalized spacial score (nSPS) is 11.4. The van der Waals surface area contributed by atoms with Crippen molar-refractivity contribution in [3.05, 3.63) is 83.9 Å². The van der Waals surface area contributed by atoms with Crippen molar-refractivity contribution >= 4 is 12.2 Å². The first-order valence-electron chi connectivity index (χ1n) is 6.59. The summed E-state index contributed by atoms with van der Waals surface area (Å²) in [4.78, 5) is 0. The minimum absolute atomic E-state index is 0.883. The van der Waals surface area contributed by atoms with Gasteiger partial charge < -0.3 is 5.32 Å². The van der Waals surface area contributed by atoms with Gasteiger partial charge in [-0.2, -0.15) is 0 Å². The Labute approximate surface area is 115 Å². The highest BCUT2D eigenvalue weighted by molar-refractivity contribution is 5.49. The molecular weight excluding hydrogens is 230 g/mol. The van der Waals surface area contributed by atoms with E-state index in [1.807, 2.05) is 12.1 Å². The van der Waals surface area contributed by atoms with Gasteiger partial charge in [0, 0.05) is 13.1 Å². The van der Waals surface area contributed by atoms with Crippen LogP contribution in [0.25, 0.3) is 12.2 Å². The van der Waals surface area contributed by atoms with Gasteiger partial charge in [0.05, 0.1) is 0 Å². The zero-order valence-corrected chi connectivity index (χ0v) is 11.0. The van der Waals surface area contributed by atoms with E-state index in [4.69, 9.17) is 0 Å². The van der Waals surface area contributed by atoms with Crippen LogP contribution in [0.15, 0.2) is 72.8 Å². The molecule has 0 aliphatic carbocycles. The zero-order valence-electron chi connectivity index (χ0n) is 11.0. The maximum atomic E-state index is 3.35. The molecule has 0 unspecified atom stereocenters. The van der Waals surface area contributed by atoms with Crippen molar-refractivity contribution in [2.75, 3.05) is 13.1 Å². The third-order valence-corrected chi connectivity index (χ3v) is 2.74.